The number of ether oxygens (including phenoxy) is 2. The van der Waals surface area contributed by atoms with Gasteiger partial charge in [-0.1, -0.05) is 30.3 Å². The van der Waals surface area contributed by atoms with Gasteiger partial charge in [0.2, 0.25) is 0 Å². The van der Waals surface area contributed by atoms with Gasteiger partial charge in [-0.25, -0.2) is 19.6 Å². The zero-order valence-electron chi connectivity index (χ0n) is 13.6. The van der Waals surface area contributed by atoms with E-state index in [0.717, 1.165) is 15.6 Å². The van der Waals surface area contributed by atoms with Crippen LogP contribution in [0.25, 0.3) is 0 Å². The molecule has 0 bridgehead atoms. The fourth-order valence-corrected chi connectivity index (χ4v) is 2.39. The van der Waals surface area contributed by atoms with Crippen molar-refractivity contribution in [1.29, 1.82) is 0 Å². The molecule has 7 nitrogen and oxygen atoms in total. The third kappa shape index (κ3) is 4.35. The number of carbonyl (C=O) groups is 2. The Hall–Kier alpha value is -2.28. The Morgan fingerprint density at radius 3 is 2.61 bits per heavy atom. The lowest BCUT2D eigenvalue weighted by Gasteiger charge is -2.37. The second-order valence-electron chi connectivity index (χ2n) is 6.35. The lowest BCUT2D eigenvalue weighted by molar-refractivity contribution is -0.0285. The molecule has 0 spiro atoms. The second-order valence-corrected chi connectivity index (χ2v) is 6.35. The van der Waals surface area contributed by atoms with Crippen LogP contribution in [0.5, 0.6) is 0 Å². The van der Waals surface area contributed by atoms with Crippen LogP contribution in [-0.2, 0) is 16.1 Å². The summed E-state index contributed by atoms with van der Waals surface area (Å²) >= 11 is 0. The van der Waals surface area contributed by atoms with Crippen LogP contribution >= 0.6 is 0 Å². The molecular formula is C16H22N2O5. The van der Waals surface area contributed by atoms with Gasteiger partial charge in [0.05, 0.1) is 25.3 Å². The van der Waals surface area contributed by atoms with Gasteiger partial charge in [0, 0.05) is 0 Å². The van der Waals surface area contributed by atoms with Gasteiger partial charge < -0.3 is 14.6 Å². The molecule has 2 amide bonds. The molecule has 1 atom stereocenters. The Labute approximate surface area is 135 Å². The van der Waals surface area contributed by atoms with Gasteiger partial charge in [-0.2, -0.15) is 0 Å². The highest BCUT2D eigenvalue weighted by molar-refractivity contribution is 5.75. The number of benzene rings is 1. The summed E-state index contributed by atoms with van der Waals surface area (Å²) in [6, 6.07) is 9.65. The number of cyclic esters (lactones) is 1. The minimum absolute atomic E-state index is 0.150. The van der Waals surface area contributed by atoms with E-state index >= 15 is 0 Å². The van der Waals surface area contributed by atoms with Crippen molar-refractivity contribution in [2.24, 2.45) is 0 Å². The van der Waals surface area contributed by atoms with Crippen molar-refractivity contribution >= 4 is 12.2 Å². The van der Waals surface area contributed by atoms with Gasteiger partial charge in [0.1, 0.15) is 6.10 Å². The molecule has 1 unspecified atom stereocenters. The van der Waals surface area contributed by atoms with Crippen LogP contribution in [-0.4, -0.2) is 52.1 Å². The molecule has 0 radical (unpaired) electrons. The van der Waals surface area contributed by atoms with Crippen LogP contribution in [0.2, 0.25) is 0 Å². The molecular weight excluding hydrogens is 300 g/mol. The number of hydrogen-bond acceptors (Lipinski definition) is 4. The molecule has 7 heteroatoms. The van der Waals surface area contributed by atoms with Crippen LogP contribution in [0.4, 0.5) is 9.59 Å². The molecule has 1 N–H and O–H groups in total. The Balaban J connectivity index is 1.90. The van der Waals surface area contributed by atoms with Crippen LogP contribution < -0.4 is 0 Å². The van der Waals surface area contributed by atoms with Gasteiger partial charge in [-0.3, -0.25) is 0 Å². The van der Waals surface area contributed by atoms with Gasteiger partial charge >= 0.3 is 12.2 Å². The molecule has 0 aromatic heterocycles. The number of hydrazine groups is 1. The third-order valence-corrected chi connectivity index (χ3v) is 3.33. The van der Waals surface area contributed by atoms with E-state index in [1.807, 2.05) is 30.3 Å². The minimum Gasteiger partial charge on any atom is -0.464 e. The van der Waals surface area contributed by atoms with Crippen molar-refractivity contribution in [1.82, 2.24) is 10.0 Å². The smallest absolute Gasteiger partial charge is 0.429 e. The van der Waals surface area contributed by atoms with E-state index in [4.69, 9.17) is 9.47 Å². The SMILES string of the molecule is CC(C)(C)N(C(=O)O)N1CC(COCc2ccccc2)OC1=O. The van der Waals surface area contributed by atoms with Crippen LogP contribution in [0.15, 0.2) is 30.3 Å². The first-order chi connectivity index (χ1) is 10.8. The maximum absolute atomic E-state index is 12.0. The standard InChI is InChI=1S/C16H22N2O5/c1-16(2,3)18(14(19)20)17-9-13(23-15(17)21)11-22-10-12-7-5-4-6-8-12/h4-8,13H,9-11H2,1-3H3,(H,19,20). The molecule has 23 heavy (non-hydrogen) atoms. The number of hydrogen-bond donors (Lipinski definition) is 1. The van der Waals surface area contributed by atoms with E-state index in [1.54, 1.807) is 20.8 Å². The van der Waals surface area contributed by atoms with Gasteiger partial charge in [0.25, 0.3) is 0 Å². The van der Waals surface area contributed by atoms with Gasteiger partial charge in [-0.05, 0) is 26.3 Å². The predicted molar refractivity (Wildman–Crippen MR) is 82.7 cm³/mol. The molecule has 0 saturated carbocycles. The number of nitrogens with zero attached hydrogens (tertiary/aromatic N) is 2. The highest BCUT2D eigenvalue weighted by Gasteiger charge is 2.42. The average molecular weight is 322 g/mol. The maximum Gasteiger partial charge on any atom is 0.429 e. The summed E-state index contributed by atoms with van der Waals surface area (Å²) in [6.45, 7) is 5.93. The third-order valence-electron chi connectivity index (χ3n) is 3.33. The van der Waals surface area contributed by atoms with Crippen molar-refractivity contribution in [3.63, 3.8) is 0 Å². The fourth-order valence-electron chi connectivity index (χ4n) is 2.39. The van der Waals surface area contributed by atoms with Gasteiger partial charge in [0.15, 0.2) is 0 Å². The van der Waals surface area contributed by atoms with Crippen molar-refractivity contribution in [2.75, 3.05) is 13.2 Å². The first-order valence-corrected chi connectivity index (χ1v) is 7.42. The van der Waals surface area contributed by atoms with Crippen LogP contribution in [0.1, 0.15) is 26.3 Å². The molecule has 1 aromatic rings. The summed E-state index contributed by atoms with van der Waals surface area (Å²) in [7, 11) is 0. The lowest BCUT2D eigenvalue weighted by atomic mass is 10.1. The quantitative estimate of drug-likeness (QED) is 0.901. The van der Waals surface area contributed by atoms with E-state index in [1.165, 1.54) is 0 Å². The Morgan fingerprint density at radius 2 is 2.04 bits per heavy atom. The predicted octanol–water partition coefficient (Wildman–Crippen LogP) is 2.72. The average Bonchev–Trinajstić information content (AvgIpc) is 2.79. The fraction of sp³-hybridized carbons (Fsp3) is 0.500. The molecule has 1 aliphatic heterocycles. The normalized spacial score (nSPS) is 18.0. The first-order valence-electron chi connectivity index (χ1n) is 7.42. The number of carbonyl (C=O) groups excluding carboxylic acids is 1. The van der Waals surface area contributed by atoms with Crippen molar-refractivity contribution < 1.29 is 24.2 Å². The highest BCUT2D eigenvalue weighted by atomic mass is 16.6. The van der Waals surface area contributed by atoms with E-state index in [0.29, 0.717) is 6.61 Å². The van der Waals surface area contributed by atoms with E-state index < -0.39 is 23.8 Å². The summed E-state index contributed by atoms with van der Waals surface area (Å²) in [4.78, 5) is 23.4. The van der Waals surface area contributed by atoms with Crippen molar-refractivity contribution in [3.8, 4) is 0 Å². The van der Waals surface area contributed by atoms with Crippen LogP contribution in [0.3, 0.4) is 0 Å². The first kappa shape index (κ1) is 17.1. The molecule has 2 rings (SSSR count). The number of amides is 2. The molecule has 1 heterocycles. The van der Waals surface area contributed by atoms with Crippen LogP contribution in [0, 0.1) is 0 Å². The topological polar surface area (TPSA) is 79.3 Å². The molecule has 0 aliphatic carbocycles. The minimum atomic E-state index is -1.19. The zero-order valence-corrected chi connectivity index (χ0v) is 13.6. The molecule has 1 saturated heterocycles. The van der Waals surface area contributed by atoms with Gasteiger partial charge in [-0.15, -0.1) is 0 Å². The van der Waals surface area contributed by atoms with Crippen molar-refractivity contribution in [3.05, 3.63) is 35.9 Å². The van der Waals surface area contributed by atoms with E-state index in [9.17, 15) is 14.7 Å². The summed E-state index contributed by atoms with van der Waals surface area (Å²) in [5, 5.41) is 11.4. The number of carboxylic acid groups (broad SMARTS) is 1. The lowest BCUT2D eigenvalue weighted by Crippen LogP contribution is -2.56. The monoisotopic (exact) mass is 322 g/mol. The molecule has 1 aromatic carbocycles. The number of rotatable bonds is 5. The summed E-state index contributed by atoms with van der Waals surface area (Å²) in [6.07, 6.45) is -2.36. The second kappa shape index (κ2) is 6.87. The van der Waals surface area contributed by atoms with E-state index in [2.05, 4.69) is 0 Å². The maximum atomic E-state index is 12.0. The largest absolute Gasteiger partial charge is 0.464 e. The highest BCUT2D eigenvalue weighted by Crippen LogP contribution is 2.22. The van der Waals surface area contributed by atoms with Crippen molar-refractivity contribution in [2.45, 2.75) is 39.0 Å². The molecule has 126 valence electrons. The zero-order chi connectivity index (χ0) is 17.0. The summed E-state index contributed by atoms with van der Waals surface area (Å²) < 4.78 is 10.8. The summed E-state index contributed by atoms with van der Waals surface area (Å²) in [5.41, 5.74) is 0.278. The Morgan fingerprint density at radius 1 is 1.39 bits per heavy atom. The Bertz CT molecular complexity index is 555. The summed E-state index contributed by atoms with van der Waals surface area (Å²) in [5.74, 6) is 0. The Kier molecular flexibility index (Phi) is 5.10. The molecule has 1 fully saturated rings. The molecule has 1 aliphatic rings. The van der Waals surface area contributed by atoms with E-state index in [-0.39, 0.29) is 13.2 Å².